The molecule has 2 aromatic carbocycles. The number of nitriles is 1. The number of hydrogen-bond donors (Lipinski definition) is 1. The topological polar surface area (TPSA) is 72.1 Å². The second-order valence-electron chi connectivity index (χ2n) is 6.67. The Bertz CT molecular complexity index is 1010. The Morgan fingerprint density at radius 3 is 2.39 bits per heavy atom. The number of nitrogens with one attached hydrogen (secondary N) is 1. The third-order valence-corrected chi connectivity index (χ3v) is 5.04. The van der Waals surface area contributed by atoms with Crippen molar-refractivity contribution in [2.75, 3.05) is 26.1 Å². The SMILES string of the molecule is COc1cccc(OC)c1-c1nn(-c2ccc(C#N)cc2)c2c1CCCCN2. The molecule has 142 valence electrons. The van der Waals surface area contributed by atoms with Gasteiger partial charge in [-0.25, -0.2) is 4.68 Å². The second-order valence-corrected chi connectivity index (χ2v) is 6.67. The summed E-state index contributed by atoms with van der Waals surface area (Å²) in [6.45, 7) is 0.900. The van der Waals surface area contributed by atoms with Crippen molar-refractivity contribution in [1.82, 2.24) is 9.78 Å². The van der Waals surface area contributed by atoms with Gasteiger partial charge in [0.25, 0.3) is 0 Å². The molecule has 0 spiro atoms. The molecule has 1 aliphatic rings. The molecule has 0 amide bonds. The van der Waals surface area contributed by atoms with Crippen molar-refractivity contribution in [2.45, 2.75) is 19.3 Å². The lowest BCUT2D eigenvalue weighted by Crippen LogP contribution is -2.07. The number of anilines is 1. The summed E-state index contributed by atoms with van der Waals surface area (Å²) in [4.78, 5) is 0. The summed E-state index contributed by atoms with van der Waals surface area (Å²) in [6.07, 6.45) is 3.11. The zero-order chi connectivity index (χ0) is 19.5. The van der Waals surface area contributed by atoms with E-state index in [4.69, 9.17) is 19.8 Å². The van der Waals surface area contributed by atoms with Crippen LogP contribution in [0, 0.1) is 11.3 Å². The fourth-order valence-corrected chi connectivity index (χ4v) is 3.65. The fourth-order valence-electron chi connectivity index (χ4n) is 3.65. The molecule has 1 aliphatic heterocycles. The van der Waals surface area contributed by atoms with Crippen LogP contribution in [0.2, 0.25) is 0 Å². The summed E-state index contributed by atoms with van der Waals surface area (Å²) in [6, 6.07) is 15.4. The zero-order valence-electron chi connectivity index (χ0n) is 16.0. The molecule has 0 saturated heterocycles. The first kappa shape index (κ1) is 17.9. The summed E-state index contributed by atoms with van der Waals surface area (Å²) in [5.74, 6) is 2.46. The van der Waals surface area contributed by atoms with Crippen LogP contribution in [0.25, 0.3) is 16.9 Å². The molecule has 0 bridgehead atoms. The number of ether oxygens (including phenoxy) is 2. The van der Waals surface area contributed by atoms with Gasteiger partial charge in [-0.3, -0.25) is 0 Å². The third kappa shape index (κ3) is 3.05. The van der Waals surface area contributed by atoms with E-state index in [1.165, 1.54) is 0 Å². The Balaban J connectivity index is 1.95. The highest BCUT2D eigenvalue weighted by molar-refractivity contribution is 5.80. The normalized spacial score (nSPS) is 13.0. The highest BCUT2D eigenvalue weighted by Crippen LogP contribution is 2.42. The molecular weight excluding hydrogens is 352 g/mol. The van der Waals surface area contributed by atoms with Gasteiger partial charge in [-0.05, 0) is 55.7 Å². The highest BCUT2D eigenvalue weighted by Gasteiger charge is 2.25. The van der Waals surface area contributed by atoms with Crippen LogP contribution < -0.4 is 14.8 Å². The fraction of sp³-hybridized carbons (Fsp3) is 0.273. The quantitative estimate of drug-likeness (QED) is 0.742. The number of fused-ring (bicyclic) bond motifs is 1. The van der Waals surface area contributed by atoms with Gasteiger partial charge in [-0.1, -0.05) is 6.07 Å². The van der Waals surface area contributed by atoms with Crippen LogP contribution in [0.4, 0.5) is 5.82 Å². The van der Waals surface area contributed by atoms with E-state index in [9.17, 15) is 0 Å². The van der Waals surface area contributed by atoms with Gasteiger partial charge in [0.05, 0.1) is 37.1 Å². The van der Waals surface area contributed by atoms with E-state index in [1.54, 1.807) is 14.2 Å². The lowest BCUT2D eigenvalue weighted by Gasteiger charge is -2.12. The summed E-state index contributed by atoms with van der Waals surface area (Å²) in [7, 11) is 3.32. The van der Waals surface area contributed by atoms with Crippen LogP contribution in [0.3, 0.4) is 0 Å². The van der Waals surface area contributed by atoms with Gasteiger partial charge in [0.15, 0.2) is 0 Å². The van der Waals surface area contributed by atoms with Gasteiger partial charge in [-0.2, -0.15) is 10.4 Å². The molecule has 0 atom stereocenters. The van der Waals surface area contributed by atoms with Crippen LogP contribution in [-0.2, 0) is 6.42 Å². The van der Waals surface area contributed by atoms with Crippen LogP contribution in [0.1, 0.15) is 24.0 Å². The number of methoxy groups -OCH3 is 2. The smallest absolute Gasteiger partial charge is 0.133 e. The summed E-state index contributed by atoms with van der Waals surface area (Å²) in [5, 5.41) is 17.6. The molecule has 0 fully saturated rings. The van der Waals surface area contributed by atoms with E-state index >= 15 is 0 Å². The van der Waals surface area contributed by atoms with Crippen molar-refractivity contribution in [3.8, 4) is 34.5 Å². The van der Waals surface area contributed by atoms with Gasteiger partial charge < -0.3 is 14.8 Å². The summed E-state index contributed by atoms with van der Waals surface area (Å²) < 4.78 is 13.2. The average Bonchev–Trinajstić information content (AvgIpc) is 2.93. The van der Waals surface area contributed by atoms with Crippen molar-refractivity contribution in [3.63, 3.8) is 0 Å². The van der Waals surface area contributed by atoms with E-state index in [-0.39, 0.29) is 0 Å². The van der Waals surface area contributed by atoms with Crippen molar-refractivity contribution < 1.29 is 9.47 Å². The average molecular weight is 374 g/mol. The van der Waals surface area contributed by atoms with E-state index in [1.807, 2.05) is 47.1 Å². The molecule has 1 N–H and O–H groups in total. The number of aromatic nitrogens is 2. The third-order valence-electron chi connectivity index (χ3n) is 5.04. The minimum Gasteiger partial charge on any atom is -0.496 e. The Labute approximate surface area is 164 Å². The van der Waals surface area contributed by atoms with Crippen LogP contribution in [0.5, 0.6) is 11.5 Å². The van der Waals surface area contributed by atoms with Crippen LogP contribution >= 0.6 is 0 Å². The molecule has 0 aliphatic carbocycles. The number of nitrogens with zero attached hydrogens (tertiary/aromatic N) is 3. The largest absolute Gasteiger partial charge is 0.496 e. The van der Waals surface area contributed by atoms with E-state index in [0.717, 1.165) is 65.6 Å². The van der Waals surface area contributed by atoms with E-state index in [2.05, 4.69) is 11.4 Å². The van der Waals surface area contributed by atoms with Gasteiger partial charge in [-0.15, -0.1) is 0 Å². The summed E-state index contributed by atoms with van der Waals surface area (Å²) in [5.41, 5.74) is 4.42. The molecule has 0 unspecified atom stereocenters. The van der Waals surface area contributed by atoms with E-state index < -0.39 is 0 Å². The standard InChI is InChI=1S/C22H22N4O2/c1-27-18-7-5-8-19(28-2)20(18)21-17-6-3-4-13-24-22(17)26(25-21)16-11-9-15(14-23)10-12-16/h5,7-12,24H,3-4,6,13H2,1-2H3. The zero-order valence-corrected chi connectivity index (χ0v) is 16.0. The van der Waals surface area contributed by atoms with Gasteiger partial charge in [0.2, 0.25) is 0 Å². The minimum absolute atomic E-state index is 0.626. The Hall–Kier alpha value is -3.46. The molecule has 4 rings (SSSR count). The summed E-state index contributed by atoms with van der Waals surface area (Å²) >= 11 is 0. The molecular formula is C22H22N4O2. The minimum atomic E-state index is 0.626. The molecule has 2 heterocycles. The first-order chi connectivity index (χ1) is 13.8. The van der Waals surface area contributed by atoms with Gasteiger partial charge in [0.1, 0.15) is 23.0 Å². The van der Waals surface area contributed by atoms with E-state index in [0.29, 0.717) is 5.56 Å². The maximum absolute atomic E-state index is 9.08. The predicted molar refractivity (Wildman–Crippen MR) is 108 cm³/mol. The monoisotopic (exact) mass is 374 g/mol. The molecule has 1 aromatic heterocycles. The maximum atomic E-state index is 9.08. The second kappa shape index (κ2) is 7.65. The molecule has 6 nitrogen and oxygen atoms in total. The van der Waals surface area contributed by atoms with Gasteiger partial charge >= 0.3 is 0 Å². The Kier molecular flexibility index (Phi) is 4.90. The Morgan fingerprint density at radius 2 is 1.75 bits per heavy atom. The molecule has 28 heavy (non-hydrogen) atoms. The molecule has 0 radical (unpaired) electrons. The van der Waals surface area contributed by atoms with Gasteiger partial charge in [0, 0.05) is 12.1 Å². The highest BCUT2D eigenvalue weighted by atomic mass is 16.5. The van der Waals surface area contributed by atoms with Crippen molar-refractivity contribution in [1.29, 1.82) is 5.26 Å². The number of benzene rings is 2. The number of rotatable bonds is 4. The van der Waals surface area contributed by atoms with Crippen molar-refractivity contribution in [2.24, 2.45) is 0 Å². The van der Waals surface area contributed by atoms with Crippen LogP contribution in [0.15, 0.2) is 42.5 Å². The predicted octanol–water partition coefficient (Wildman–Crippen LogP) is 4.18. The lowest BCUT2D eigenvalue weighted by atomic mass is 10.0. The lowest BCUT2D eigenvalue weighted by molar-refractivity contribution is 0.397. The molecule has 6 heteroatoms. The first-order valence-corrected chi connectivity index (χ1v) is 9.34. The Morgan fingerprint density at radius 1 is 1.04 bits per heavy atom. The van der Waals surface area contributed by atoms with Crippen molar-refractivity contribution >= 4 is 5.82 Å². The maximum Gasteiger partial charge on any atom is 0.133 e. The molecule has 0 saturated carbocycles. The van der Waals surface area contributed by atoms with Crippen molar-refractivity contribution in [3.05, 3.63) is 53.6 Å². The molecule has 3 aromatic rings. The first-order valence-electron chi connectivity index (χ1n) is 9.34. The number of hydrogen-bond acceptors (Lipinski definition) is 5. The van der Waals surface area contributed by atoms with Crippen LogP contribution in [-0.4, -0.2) is 30.5 Å².